The van der Waals surface area contributed by atoms with Gasteiger partial charge in [-0.1, -0.05) is 0 Å². The lowest BCUT2D eigenvalue weighted by atomic mass is 10.1. The number of hydrogen-bond acceptors (Lipinski definition) is 2. The number of nitrogens with two attached hydrogens (primary N) is 1. The van der Waals surface area contributed by atoms with Gasteiger partial charge in [0.1, 0.15) is 0 Å². The van der Waals surface area contributed by atoms with Crippen LogP contribution in [0.2, 0.25) is 0 Å². The Bertz CT molecular complexity index is 593. The van der Waals surface area contributed by atoms with Gasteiger partial charge in [0.15, 0.2) is 0 Å². The average Bonchev–Trinajstić information content (AvgIpc) is 2.24. The van der Waals surface area contributed by atoms with Crippen LogP contribution in [0.4, 0.5) is 18.9 Å². The summed E-state index contributed by atoms with van der Waals surface area (Å²) in [6.45, 7) is 1.73. The monoisotopic (exact) mass is 304 g/mol. The van der Waals surface area contributed by atoms with Crippen LogP contribution in [0.25, 0.3) is 10.9 Å². The first-order valence-corrected chi connectivity index (χ1v) is 5.52. The molecular weight excluding hydrogens is 297 g/mol. The summed E-state index contributed by atoms with van der Waals surface area (Å²) in [6, 6.07) is 3.35. The molecule has 0 aliphatic heterocycles. The van der Waals surface area contributed by atoms with E-state index < -0.39 is 11.7 Å². The highest BCUT2D eigenvalue weighted by atomic mass is 79.9. The number of alkyl halides is 3. The predicted octanol–water partition coefficient (Wildman–Crippen LogP) is 3.91. The van der Waals surface area contributed by atoms with Crippen molar-refractivity contribution in [2.24, 2.45) is 0 Å². The summed E-state index contributed by atoms with van der Waals surface area (Å²) in [5.74, 6) is 0. The minimum atomic E-state index is -4.38. The fourth-order valence-electron chi connectivity index (χ4n) is 1.57. The molecule has 0 amide bonds. The van der Waals surface area contributed by atoms with Crippen molar-refractivity contribution in [3.05, 3.63) is 33.9 Å². The van der Waals surface area contributed by atoms with Gasteiger partial charge >= 0.3 is 6.18 Å². The number of benzene rings is 1. The third-order valence-corrected chi connectivity index (χ3v) is 3.46. The van der Waals surface area contributed by atoms with Crippen LogP contribution in [0, 0.1) is 6.92 Å². The van der Waals surface area contributed by atoms with E-state index in [0.717, 1.165) is 12.1 Å². The number of nitrogens with zero attached hydrogens (tertiary/aromatic N) is 1. The first-order chi connectivity index (χ1) is 7.80. The van der Waals surface area contributed by atoms with E-state index in [1.54, 1.807) is 6.92 Å². The van der Waals surface area contributed by atoms with Crippen LogP contribution in [0.5, 0.6) is 0 Å². The third kappa shape index (κ3) is 2.09. The summed E-state index contributed by atoms with van der Waals surface area (Å²) in [5, 5.41) is 0.303. The summed E-state index contributed by atoms with van der Waals surface area (Å²) in [5.41, 5.74) is 6.43. The van der Waals surface area contributed by atoms with Crippen molar-refractivity contribution in [2.75, 3.05) is 5.73 Å². The standard InChI is InChI=1S/C11H8BrF3N2/c1-5-9(12)10(16)7-4-6(11(13,14)15)2-3-8(7)17-5/h2-4H,1H3,(H2,16,17). The average molecular weight is 305 g/mol. The van der Waals surface area contributed by atoms with E-state index in [1.807, 2.05) is 0 Å². The van der Waals surface area contributed by atoms with E-state index in [2.05, 4.69) is 20.9 Å². The number of nitrogen functional groups attached to an aromatic ring is 1. The molecule has 0 fully saturated rings. The molecule has 2 nitrogen and oxygen atoms in total. The van der Waals surface area contributed by atoms with Crippen LogP contribution >= 0.6 is 15.9 Å². The molecule has 2 aromatic rings. The highest BCUT2D eigenvalue weighted by Crippen LogP contribution is 2.35. The quantitative estimate of drug-likeness (QED) is 0.801. The van der Waals surface area contributed by atoms with E-state index >= 15 is 0 Å². The zero-order valence-corrected chi connectivity index (χ0v) is 10.4. The molecule has 90 valence electrons. The summed E-state index contributed by atoms with van der Waals surface area (Å²) >= 11 is 3.21. The van der Waals surface area contributed by atoms with E-state index in [9.17, 15) is 13.2 Å². The molecule has 0 aliphatic carbocycles. The lowest BCUT2D eigenvalue weighted by Gasteiger charge is -2.10. The van der Waals surface area contributed by atoms with Gasteiger partial charge in [-0.2, -0.15) is 13.2 Å². The summed E-state index contributed by atoms with van der Waals surface area (Å²) in [4.78, 5) is 4.16. The Labute approximate surface area is 104 Å². The largest absolute Gasteiger partial charge is 0.416 e. The van der Waals surface area contributed by atoms with Gasteiger partial charge in [0, 0.05) is 5.39 Å². The SMILES string of the molecule is Cc1nc2ccc(C(F)(F)F)cc2c(N)c1Br. The molecule has 17 heavy (non-hydrogen) atoms. The fourth-order valence-corrected chi connectivity index (χ4v) is 1.87. The van der Waals surface area contributed by atoms with Gasteiger partial charge in [0.25, 0.3) is 0 Å². The Balaban J connectivity index is 2.78. The molecule has 2 rings (SSSR count). The Kier molecular flexibility index (Phi) is 2.77. The second-order valence-electron chi connectivity index (χ2n) is 3.65. The molecule has 2 N–H and O–H groups in total. The summed E-state index contributed by atoms with van der Waals surface area (Å²) < 4.78 is 38.2. The second-order valence-corrected chi connectivity index (χ2v) is 4.45. The Morgan fingerprint density at radius 3 is 2.53 bits per heavy atom. The molecule has 0 unspecified atom stereocenters. The number of halogens is 4. The van der Waals surface area contributed by atoms with Crippen molar-refractivity contribution in [3.8, 4) is 0 Å². The molecule has 0 radical (unpaired) electrons. The van der Waals surface area contributed by atoms with Crippen LogP contribution in [0.1, 0.15) is 11.3 Å². The molecule has 0 saturated carbocycles. The number of pyridine rings is 1. The highest BCUT2D eigenvalue weighted by molar-refractivity contribution is 9.10. The van der Waals surface area contributed by atoms with Crippen LogP contribution in [-0.2, 0) is 6.18 Å². The Hall–Kier alpha value is -1.30. The molecule has 1 heterocycles. The van der Waals surface area contributed by atoms with Gasteiger partial charge < -0.3 is 5.73 Å². The fraction of sp³-hybridized carbons (Fsp3) is 0.182. The lowest BCUT2D eigenvalue weighted by molar-refractivity contribution is -0.137. The maximum atomic E-state index is 12.6. The van der Waals surface area contributed by atoms with Crippen LogP contribution in [-0.4, -0.2) is 4.98 Å². The number of aryl methyl sites for hydroxylation is 1. The molecule has 1 aromatic heterocycles. The first-order valence-electron chi connectivity index (χ1n) is 4.73. The lowest BCUT2D eigenvalue weighted by Crippen LogP contribution is -2.05. The minimum Gasteiger partial charge on any atom is -0.397 e. The zero-order valence-electron chi connectivity index (χ0n) is 8.77. The first kappa shape index (κ1) is 12.2. The van der Waals surface area contributed by atoms with Crippen molar-refractivity contribution in [2.45, 2.75) is 13.1 Å². The predicted molar refractivity (Wildman–Crippen MR) is 63.6 cm³/mol. The number of hydrogen-bond donors (Lipinski definition) is 1. The van der Waals surface area contributed by atoms with Gasteiger partial charge in [-0.3, -0.25) is 4.98 Å². The maximum Gasteiger partial charge on any atom is 0.416 e. The van der Waals surface area contributed by atoms with Gasteiger partial charge in [0.2, 0.25) is 0 Å². The molecule has 0 atom stereocenters. The van der Waals surface area contributed by atoms with E-state index in [0.29, 0.717) is 21.1 Å². The molecule has 0 aliphatic rings. The minimum absolute atomic E-state index is 0.276. The van der Waals surface area contributed by atoms with Crippen LogP contribution < -0.4 is 5.73 Å². The highest BCUT2D eigenvalue weighted by Gasteiger charge is 2.30. The van der Waals surface area contributed by atoms with Crippen molar-refractivity contribution in [3.63, 3.8) is 0 Å². The van der Waals surface area contributed by atoms with Crippen LogP contribution in [0.15, 0.2) is 22.7 Å². The molecule has 0 spiro atoms. The topological polar surface area (TPSA) is 38.9 Å². The van der Waals surface area contributed by atoms with E-state index in [-0.39, 0.29) is 5.69 Å². The van der Waals surface area contributed by atoms with Crippen molar-refractivity contribution >= 4 is 32.5 Å². The molecule has 0 saturated heterocycles. The van der Waals surface area contributed by atoms with E-state index in [1.165, 1.54) is 6.07 Å². The molecule has 0 bridgehead atoms. The van der Waals surface area contributed by atoms with Gasteiger partial charge in [0.05, 0.1) is 26.9 Å². The van der Waals surface area contributed by atoms with Crippen LogP contribution in [0.3, 0.4) is 0 Å². The number of rotatable bonds is 0. The van der Waals surface area contributed by atoms with Crippen molar-refractivity contribution in [1.29, 1.82) is 0 Å². The van der Waals surface area contributed by atoms with Crippen molar-refractivity contribution in [1.82, 2.24) is 4.98 Å². The number of anilines is 1. The molecule has 1 aromatic carbocycles. The van der Waals surface area contributed by atoms with Gasteiger partial charge in [-0.15, -0.1) is 0 Å². The summed E-state index contributed by atoms with van der Waals surface area (Å²) in [6.07, 6.45) is -4.38. The zero-order chi connectivity index (χ0) is 12.8. The molecular formula is C11H8BrF3N2. The smallest absolute Gasteiger partial charge is 0.397 e. The van der Waals surface area contributed by atoms with Gasteiger partial charge in [-0.05, 0) is 41.1 Å². The Morgan fingerprint density at radius 2 is 1.94 bits per heavy atom. The normalized spacial score (nSPS) is 12.1. The number of fused-ring (bicyclic) bond motifs is 1. The van der Waals surface area contributed by atoms with Crippen molar-refractivity contribution < 1.29 is 13.2 Å². The summed E-state index contributed by atoms with van der Waals surface area (Å²) in [7, 11) is 0. The van der Waals surface area contributed by atoms with Gasteiger partial charge in [-0.25, -0.2) is 0 Å². The maximum absolute atomic E-state index is 12.6. The third-order valence-electron chi connectivity index (χ3n) is 2.46. The Morgan fingerprint density at radius 1 is 1.29 bits per heavy atom. The molecule has 6 heteroatoms. The second kappa shape index (κ2) is 3.87. The van der Waals surface area contributed by atoms with E-state index in [4.69, 9.17) is 5.73 Å². The number of aromatic nitrogens is 1.